The molecule has 0 unspecified atom stereocenters. The van der Waals surface area contributed by atoms with Gasteiger partial charge in [0.25, 0.3) is 0 Å². The highest BCUT2D eigenvalue weighted by Gasteiger charge is 1.98. The summed E-state index contributed by atoms with van der Waals surface area (Å²) >= 11 is 5.11. The fourth-order valence-corrected chi connectivity index (χ4v) is 1.18. The molecular formula is C8H15NS. The van der Waals surface area contributed by atoms with Gasteiger partial charge in [0.2, 0.25) is 0 Å². The average Bonchev–Trinajstić information content (AvgIpc) is 1.91. The monoisotopic (exact) mass is 157 g/mol. The lowest BCUT2D eigenvalue weighted by Gasteiger charge is -2.18. The van der Waals surface area contributed by atoms with Gasteiger partial charge in [-0.2, -0.15) is 0 Å². The van der Waals surface area contributed by atoms with Crippen molar-refractivity contribution in [2.75, 3.05) is 13.1 Å². The van der Waals surface area contributed by atoms with Gasteiger partial charge in [-0.3, -0.25) is 0 Å². The third-order valence-electron chi connectivity index (χ3n) is 1.38. The minimum atomic E-state index is 0.938. The Morgan fingerprint density at radius 1 is 1.40 bits per heavy atom. The summed E-state index contributed by atoms with van der Waals surface area (Å²) in [6.07, 6.45) is 3.93. The van der Waals surface area contributed by atoms with Crippen molar-refractivity contribution in [3.63, 3.8) is 0 Å². The lowest BCUT2D eigenvalue weighted by molar-refractivity contribution is 0.476. The summed E-state index contributed by atoms with van der Waals surface area (Å²) in [5.74, 6) is 0. The molecule has 0 bridgehead atoms. The summed E-state index contributed by atoms with van der Waals surface area (Å²) in [6.45, 7) is 8.20. The van der Waals surface area contributed by atoms with E-state index >= 15 is 0 Å². The van der Waals surface area contributed by atoms with E-state index in [4.69, 9.17) is 12.2 Å². The highest BCUT2D eigenvalue weighted by atomic mass is 32.1. The van der Waals surface area contributed by atoms with Crippen LogP contribution in [0, 0.1) is 0 Å². The quantitative estimate of drug-likeness (QED) is 0.456. The lowest BCUT2D eigenvalue weighted by Crippen LogP contribution is -2.27. The molecule has 1 nitrogen and oxygen atoms in total. The zero-order valence-electron chi connectivity index (χ0n) is 6.92. The summed E-state index contributed by atoms with van der Waals surface area (Å²) in [6, 6.07) is 0. The molecule has 0 saturated carbocycles. The topological polar surface area (TPSA) is 3.24 Å². The largest absolute Gasteiger partial charge is 0.363 e. The van der Waals surface area contributed by atoms with Crippen molar-refractivity contribution in [2.24, 2.45) is 0 Å². The van der Waals surface area contributed by atoms with Crippen LogP contribution in [0.1, 0.15) is 20.8 Å². The van der Waals surface area contributed by atoms with Crippen molar-refractivity contribution in [2.45, 2.75) is 20.8 Å². The second-order valence-corrected chi connectivity index (χ2v) is 2.43. The second kappa shape index (κ2) is 5.42. The molecule has 58 valence electrons. The maximum absolute atomic E-state index is 5.11. The number of nitrogens with zero attached hydrogens (tertiary/aromatic N) is 1. The Hall–Kier alpha value is -0.370. The summed E-state index contributed by atoms with van der Waals surface area (Å²) in [5.41, 5.74) is 0. The van der Waals surface area contributed by atoms with Gasteiger partial charge in [0.1, 0.15) is 4.99 Å². The van der Waals surface area contributed by atoms with Crippen molar-refractivity contribution < 1.29 is 0 Å². The normalized spacial score (nSPS) is 10.3. The first-order chi connectivity index (χ1) is 4.76. The van der Waals surface area contributed by atoms with Gasteiger partial charge in [-0.1, -0.05) is 18.3 Å². The van der Waals surface area contributed by atoms with E-state index < -0.39 is 0 Å². The molecule has 0 amide bonds. The number of allylic oxidation sites excluding steroid dienone is 1. The van der Waals surface area contributed by atoms with Gasteiger partial charge < -0.3 is 4.90 Å². The molecule has 0 aliphatic heterocycles. The SMILES string of the molecule is CC=CC(=S)N(CC)CC. The molecule has 0 aliphatic carbocycles. The molecule has 0 fully saturated rings. The zero-order chi connectivity index (χ0) is 7.98. The van der Waals surface area contributed by atoms with Crippen molar-refractivity contribution >= 4 is 17.2 Å². The lowest BCUT2D eigenvalue weighted by atomic mass is 10.4. The molecule has 10 heavy (non-hydrogen) atoms. The zero-order valence-corrected chi connectivity index (χ0v) is 7.74. The maximum Gasteiger partial charge on any atom is 0.101 e. The molecule has 0 atom stereocenters. The van der Waals surface area contributed by atoms with Crippen molar-refractivity contribution in [1.82, 2.24) is 4.90 Å². The third-order valence-corrected chi connectivity index (χ3v) is 1.78. The first-order valence-corrected chi connectivity index (χ1v) is 4.08. The molecule has 0 heterocycles. The third kappa shape index (κ3) is 2.97. The Kier molecular flexibility index (Phi) is 5.22. The van der Waals surface area contributed by atoms with Crippen LogP contribution < -0.4 is 0 Å². The van der Waals surface area contributed by atoms with E-state index in [1.165, 1.54) is 0 Å². The Bertz CT molecular complexity index is 125. The molecular weight excluding hydrogens is 142 g/mol. The minimum absolute atomic E-state index is 0.938. The Labute approximate surface area is 68.7 Å². The molecule has 0 aliphatic rings. The summed E-state index contributed by atoms with van der Waals surface area (Å²) < 4.78 is 0. The van der Waals surface area contributed by atoms with Crippen LogP contribution in [0.3, 0.4) is 0 Å². The number of hydrogen-bond acceptors (Lipinski definition) is 1. The van der Waals surface area contributed by atoms with Gasteiger partial charge in [-0.25, -0.2) is 0 Å². The first kappa shape index (κ1) is 9.63. The highest BCUT2D eigenvalue weighted by Crippen LogP contribution is 1.92. The van der Waals surface area contributed by atoms with Crippen LogP contribution in [0.4, 0.5) is 0 Å². The van der Waals surface area contributed by atoms with Gasteiger partial charge in [-0.15, -0.1) is 0 Å². The van der Waals surface area contributed by atoms with Crippen molar-refractivity contribution in [3.05, 3.63) is 12.2 Å². The van der Waals surface area contributed by atoms with E-state index in [0.29, 0.717) is 0 Å². The fraction of sp³-hybridized carbons (Fsp3) is 0.625. The Morgan fingerprint density at radius 3 is 2.20 bits per heavy atom. The van der Waals surface area contributed by atoms with E-state index in [2.05, 4.69) is 18.7 Å². The van der Waals surface area contributed by atoms with E-state index in [1.54, 1.807) is 0 Å². The van der Waals surface area contributed by atoms with Crippen molar-refractivity contribution in [1.29, 1.82) is 0 Å². The van der Waals surface area contributed by atoms with Gasteiger partial charge in [0.05, 0.1) is 0 Å². The predicted molar refractivity (Wildman–Crippen MR) is 50.3 cm³/mol. The molecule has 0 aromatic rings. The number of hydrogen-bond donors (Lipinski definition) is 0. The average molecular weight is 157 g/mol. The van der Waals surface area contributed by atoms with Crippen LogP contribution in [0.5, 0.6) is 0 Å². The molecule has 0 radical (unpaired) electrons. The highest BCUT2D eigenvalue weighted by molar-refractivity contribution is 7.80. The molecule has 0 spiro atoms. The number of thiocarbonyl (C=S) groups is 1. The number of rotatable bonds is 3. The van der Waals surface area contributed by atoms with Crippen LogP contribution in [0.25, 0.3) is 0 Å². The molecule has 0 aromatic carbocycles. The van der Waals surface area contributed by atoms with Crippen LogP contribution in [-0.2, 0) is 0 Å². The van der Waals surface area contributed by atoms with Gasteiger partial charge in [0, 0.05) is 13.1 Å². The fourth-order valence-electron chi connectivity index (χ4n) is 0.783. The summed E-state index contributed by atoms with van der Waals surface area (Å²) in [7, 11) is 0. The van der Waals surface area contributed by atoms with Gasteiger partial charge in [-0.05, 0) is 26.8 Å². The van der Waals surface area contributed by atoms with E-state index in [-0.39, 0.29) is 0 Å². The molecule has 2 heteroatoms. The van der Waals surface area contributed by atoms with E-state index in [9.17, 15) is 0 Å². The summed E-state index contributed by atoms with van der Waals surface area (Å²) in [4.78, 5) is 3.09. The molecule has 0 rings (SSSR count). The van der Waals surface area contributed by atoms with E-state index in [0.717, 1.165) is 18.1 Å². The number of likely N-dealkylation sites (N-methyl/N-ethyl adjacent to an activating group) is 1. The van der Waals surface area contributed by atoms with E-state index in [1.807, 2.05) is 19.1 Å². The minimum Gasteiger partial charge on any atom is -0.363 e. The van der Waals surface area contributed by atoms with Crippen LogP contribution in [0.15, 0.2) is 12.2 Å². The maximum atomic E-state index is 5.11. The van der Waals surface area contributed by atoms with Crippen LogP contribution in [-0.4, -0.2) is 23.0 Å². The predicted octanol–water partition coefficient (Wildman–Crippen LogP) is 2.23. The van der Waals surface area contributed by atoms with Gasteiger partial charge >= 0.3 is 0 Å². The standard InChI is InChI=1S/C8H15NS/c1-4-7-8(10)9(5-2)6-3/h4,7H,5-6H2,1-3H3. The second-order valence-electron chi connectivity index (χ2n) is 2.01. The molecule has 0 saturated heterocycles. The first-order valence-electron chi connectivity index (χ1n) is 3.67. The summed E-state index contributed by atoms with van der Waals surface area (Å²) in [5, 5.41) is 0. The van der Waals surface area contributed by atoms with Crippen LogP contribution in [0.2, 0.25) is 0 Å². The smallest absolute Gasteiger partial charge is 0.101 e. The Morgan fingerprint density at radius 2 is 1.90 bits per heavy atom. The molecule has 0 N–H and O–H groups in total. The molecule has 0 aromatic heterocycles. The van der Waals surface area contributed by atoms with Crippen LogP contribution >= 0.6 is 12.2 Å². The Balaban J connectivity index is 3.89. The van der Waals surface area contributed by atoms with Gasteiger partial charge in [0.15, 0.2) is 0 Å². The van der Waals surface area contributed by atoms with Crippen molar-refractivity contribution in [3.8, 4) is 0 Å².